The Morgan fingerprint density at radius 1 is 1.56 bits per heavy atom. The van der Waals surface area contributed by atoms with Gasteiger partial charge in [-0.25, -0.2) is 9.80 Å². The molecule has 0 spiro atoms. The van der Waals surface area contributed by atoms with Crippen molar-refractivity contribution in [3.05, 3.63) is 12.7 Å². The number of amides is 3. The lowest BCUT2D eigenvalue weighted by Gasteiger charge is -2.26. The molecule has 16 heavy (non-hydrogen) atoms. The summed E-state index contributed by atoms with van der Waals surface area (Å²) in [5.41, 5.74) is 9.52. The summed E-state index contributed by atoms with van der Waals surface area (Å²) in [6.45, 7) is 4.79. The predicted molar refractivity (Wildman–Crippen MR) is 57.5 cm³/mol. The van der Waals surface area contributed by atoms with Crippen molar-refractivity contribution in [3.8, 4) is 0 Å². The first-order valence-corrected chi connectivity index (χ1v) is 4.58. The summed E-state index contributed by atoms with van der Waals surface area (Å²) in [4.78, 5) is 20.1. The Labute approximate surface area is 93.4 Å². The number of carbonyl (C=O) groups is 2. The lowest BCUT2D eigenvalue weighted by molar-refractivity contribution is -0.113. The summed E-state index contributed by atoms with van der Waals surface area (Å²) in [7, 11) is 0. The van der Waals surface area contributed by atoms with E-state index in [0.29, 0.717) is 13.2 Å². The van der Waals surface area contributed by atoms with Crippen molar-refractivity contribution < 1.29 is 14.7 Å². The fourth-order valence-electron chi connectivity index (χ4n) is 1.000. The summed E-state index contributed by atoms with van der Waals surface area (Å²) < 4.78 is 0. The summed E-state index contributed by atoms with van der Waals surface area (Å²) in [5.74, 6) is -0.481. The van der Waals surface area contributed by atoms with Crippen LogP contribution in [-0.4, -0.2) is 53.6 Å². The van der Waals surface area contributed by atoms with Crippen molar-refractivity contribution >= 4 is 11.9 Å². The fraction of sp³-hybridized carbons (Fsp3) is 0.500. The van der Waals surface area contributed by atoms with E-state index in [2.05, 4.69) is 17.6 Å². The normalized spacial score (nSPS) is 14.8. The van der Waals surface area contributed by atoms with Crippen molar-refractivity contribution in [2.45, 2.75) is 0 Å². The first kappa shape index (κ1) is 14.4. The second-order valence-corrected chi connectivity index (χ2v) is 2.87. The number of hydrogen-bond donors (Lipinski definition) is 4. The van der Waals surface area contributed by atoms with Crippen molar-refractivity contribution in [3.63, 3.8) is 0 Å². The number of carbonyl (C=O) groups excluding carboxylic acids is 2. The molecule has 0 radical (unpaired) electrons. The number of nitrogens with two attached hydrogens (primary N) is 2. The average Bonchev–Trinajstić information content (AvgIpc) is 2.72. The number of aliphatic hydroxyl groups is 1. The maximum Gasteiger partial charge on any atom is 0.331 e. The second-order valence-electron chi connectivity index (χ2n) is 2.87. The van der Waals surface area contributed by atoms with Crippen molar-refractivity contribution in [2.75, 3.05) is 26.5 Å². The average molecular weight is 231 g/mol. The zero-order chi connectivity index (χ0) is 12.6. The third-order valence-electron chi connectivity index (χ3n) is 1.77. The highest BCUT2D eigenvalue weighted by atomic mass is 16.3. The molecule has 0 aromatic carbocycles. The van der Waals surface area contributed by atoms with E-state index in [1.807, 2.05) is 0 Å². The van der Waals surface area contributed by atoms with Gasteiger partial charge in [0.1, 0.15) is 6.73 Å². The summed E-state index contributed by atoms with van der Waals surface area (Å²) in [5, 5.41) is 14.5. The van der Waals surface area contributed by atoms with Crippen LogP contribution >= 0.6 is 0 Å². The Kier molecular flexibility index (Phi) is 6.84. The van der Waals surface area contributed by atoms with Crippen LogP contribution in [0.5, 0.6) is 0 Å². The first-order valence-electron chi connectivity index (χ1n) is 4.58. The quantitative estimate of drug-likeness (QED) is 0.322. The number of urea groups is 1. The molecule has 0 atom stereocenters. The Morgan fingerprint density at radius 3 is 2.38 bits per heavy atom. The molecule has 0 saturated carbocycles. The van der Waals surface area contributed by atoms with Crippen molar-refractivity contribution in [2.24, 2.45) is 11.5 Å². The van der Waals surface area contributed by atoms with Gasteiger partial charge in [-0.05, 0) is 6.08 Å². The molecule has 0 aromatic heterocycles. The van der Waals surface area contributed by atoms with Crippen LogP contribution in [-0.2, 0) is 4.79 Å². The summed E-state index contributed by atoms with van der Waals surface area (Å²) in [6.07, 6.45) is 1.06. The maximum absolute atomic E-state index is 10.6. The fourth-order valence-corrected chi connectivity index (χ4v) is 1.000. The van der Waals surface area contributed by atoms with Gasteiger partial charge in [0.15, 0.2) is 0 Å². The number of aliphatic hydroxyl groups excluding tert-OH is 1. The van der Waals surface area contributed by atoms with Crippen molar-refractivity contribution in [1.29, 1.82) is 0 Å². The molecule has 1 rings (SSSR count). The lowest BCUT2D eigenvalue weighted by atomic mass is 10.6. The van der Waals surface area contributed by atoms with Gasteiger partial charge in [0.05, 0.1) is 6.67 Å². The molecular formula is C8H17N5O3. The molecule has 1 heterocycles. The van der Waals surface area contributed by atoms with Crippen LogP contribution in [0.15, 0.2) is 12.7 Å². The van der Waals surface area contributed by atoms with Crippen LogP contribution in [0.3, 0.4) is 0 Å². The number of hydrazine groups is 1. The lowest BCUT2D eigenvalue weighted by Crippen LogP contribution is -2.48. The number of nitrogens with one attached hydrogen (secondary N) is 1. The van der Waals surface area contributed by atoms with E-state index in [-0.39, 0.29) is 6.73 Å². The Hall–Kier alpha value is -1.64. The van der Waals surface area contributed by atoms with Crippen LogP contribution in [0.4, 0.5) is 4.79 Å². The second kappa shape index (κ2) is 7.63. The Morgan fingerprint density at radius 2 is 2.12 bits per heavy atom. The monoisotopic (exact) mass is 231 g/mol. The molecule has 1 fully saturated rings. The van der Waals surface area contributed by atoms with E-state index in [1.54, 1.807) is 5.01 Å². The predicted octanol–water partition coefficient (Wildman–Crippen LogP) is -2.25. The molecule has 0 bridgehead atoms. The van der Waals surface area contributed by atoms with Gasteiger partial charge in [0, 0.05) is 13.1 Å². The smallest absolute Gasteiger partial charge is 0.331 e. The van der Waals surface area contributed by atoms with E-state index in [0.717, 1.165) is 17.6 Å². The molecule has 6 N–H and O–H groups in total. The highest BCUT2D eigenvalue weighted by Gasteiger charge is 2.20. The molecule has 0 aliphatic carbocycles. The topological polar surface area (TPSA) is 125 Å². The molecular weight excluding hydrogens is 214 g/mol. The van der Waals surface area contributed by atoms with Crippen LogP contribution in [0.1, 0.15) is 0 Å². The minimum Gasteiger partial charge on any atom is -0.375 e. The molecule has 92 valence electrons. The Balaban J connectivity index is 0.000000385. The van der Waals surface area contributed by atoms with E-state index in [9.17, 15) is 9.59 Å². The summed E-state index contributed by atoms with van der Waals surface area (Å²) >= 11 is 0. The standard InChI is InChI=1S/C5H12N4O2.C3H5NO/c6-5(11)9(4-10)8-2-1-7-3-8;1-2-3(4)5/h7,10H,1-4H2,(H2,6,11);2H,1H2,(H2,4,5). The molecule has 8 nitrogen and oxygen atoms in total. The van der Waals surface area contributed by atoms with Crippen LogP contribution < -0.4 is 16.8 Å². The van der Waals surface area contributed by atoms with Gasteiger partial charge in [0.25, 0.3) is 0 Å². The number of nitrogens with zero attached hydrogens (tertiary/aromatic N) is 2. The third-order valence-corrected chi connectivity index (χ3v) is 1.77. The molecule has 0 aromatic rings. The van der Waals surface area contributed by atoms with E-state index < -0.39 is 11.9 Å². The molecule has 3 amide bonds. The summed E-state index contributed by atoms with van der Waals surface area (Å²) in [6, 6.07) is -0.629. The van der Waals surface area contributed by atoms with Gasteiger partial charge < -0.3 is 21.9 Å². The van der Waals surface area contributed by atoms with Crippen LogP contribution in [0.2, 0.25) is 0 Å². The highest BCUT2D eigenvalue weighted by Crippen LogP contribution is 1.98. The van der Waals surface area contributed by atoms with Crippen LogP contribution in [0.25, 0.3) is 0 Å². The SMILES string of the molecule is C=CC(N)=O.NC(=O)N(CO)N1CCNC1. The van der Waals surface area contributed by atoms with Gasteiger partial charge >= 0.3 is 6.03 Å². The zero-order valence-electron chi connectivity index (χ0n) is 8.93. The van der Waals surface area contributed by atoms with Crippen molar-refractivity contribution in [1.82, 2.24) is 15.3 Å². The van der Waals surface area contributed by atoms with Gasteiger partial charge in [-0.3, -0.25) is 4.79 Å². The van der Waals surface area contributed by atoms with E-state index >= 15 is 0 Å². The minimum absolute atomic E-state index is 0.364. The maximum atomic E-state index is 10.6. The van der Waals surface area contributed by atoms with Gasteiger partial charge in [0.2, 0.25) is 5.91 Å². The van der Waals surface area contributed by atoms with Gasteiger partial charge in [-0.1, -0.05) is 6.58 Å². The molecule has 8 heteroatoms. The first-order chi connectivity index (χ1) is 7.52. The van der Waals surface area contributed by atoms with Crippen LogP contribution in [0, 0.1) is 0 Å². The zero-order valence-corrected chi connectivity index (χ0v) is 8.93. The molecule has 1 aliphatic heterocycles. The van der Waals surface area contributed by atoms with E-state index in [4.69, 9.17) is 10.8 Å². The van der Waals surface area contributed by atoms with E-state index in [1.165, 1.54) is 0 Å². The largest absolute Gasteiger partial charge is 0.375 e. The highest BCUT2D eigenvalue weighted by molar-refractivity contribution is 5.84. The number of primary amides is 2. The molecule has 1 saturated heterocycles. The van der Waals surface area contributed by atoms with Gasteiger partial charge in [-0.15, -0.1) is 0 Å². The number of rotatable bonds is 3. The van der Waals surface area contributed by atoms with Gasteiger partial charge in [-0.2, -0.15) is 5.01 Å². The Bertz CT molecular complexity index is 252. The molecule has 0 unspecified atom stereocenters. The molecule has 1 aliphatic rings. The minimum atomic E-state index is -0.629. The number of hydrogen-bond acceptors (Lipinski definition) is 5. The third kappa shape index (κ3) is 5.29.